The lowest BCUT2D eigenvalue weighted by Crippen LogP contribution is -2.45. The number of carbonyl (C=O) groups is 2. The molecule has 0 fully saturated rings. The summed E-state index contributed by atoms with van der Waals surface area (Å²) < 4.78 is 5.41. The van der Waals surface area contributed by atoms with E-state index in [1.165, 1.54) is 109 Å². The average molecular weight is 786 g/mol. The Morgan fingerprint density at radius 3 is 1.43 bits per heavy atom. The Labute approximate surface area is 346 Å². The molecule has 0 saturated carbocycles. The second-order valence-electron chi connectivity index (χ2n) is 16.1. The standard InChI is InChI=1S/C50H91NO5/c1-3-5-7-9-11-13-15-17-19-22-26-30-34-38-42-48(53)47(46-52)51-49(54)43-39-35-31-27-23-21-25-29-33-37-41-45-56-50(55)44-40-36-32-28-24-20-18-16-14-12-10-8-6-4-2/h10,12,16,18,25,29,38,42,47-48,52-53H,3-9,11,13-15,17,19-24,26-28,30-37,39-41,43-46H2,1-2H3,(H,51,54)/b12-10-,18-16-,29-25-,42-38+. The molecule has 56 heavy (non-hydrogen) atoms. The molecule has 6 heteroatoms. The quantitative estimate of drug-likeness (QED) is 0.0325. The molecule has 0 heterocycles. The van der Waals surface area contributed by atoms with E-state index in [9.17, 15) is 19.8 Å². The first kappa shape index (κ1) is 53.8. The summed E-state index contributed by atoms with van der Waals surface area (Å²) in [6.07, 6.45) is 55.3. The third kappa shape index (κ3) is 41.5. The highest BCUT2D eigenvalue weighted by Gasteiger charge is 2.18. The van der Waals surface area contributed by atoms with Gasteiger partial charge < -0.3 is 20.3 Å². The Balaban J connectivity index is 3.59. The molecule has 0 aliphatic heterocycles. The molecule has 326 valence electrons. The lowest BCUT2D eigenvalue weighted by atomic mass is 10.0. The summed E-state index contributed by atoms with van der Waals surface area (Å²) >= 11 is 0. The van der Waals surface area contributed by atoms with Crippen LogP contribution in [0.15, 0.2) is 48.6 Å². The number of esters is 1. The fourth-order valence-corrected chi connectivity index (χ4v) is 6.82. The van der Waals surface area contributed by atoms with Crippen molar-refractivity contribution < 1.29 is 24.5 Å². The van der Waals surface area contributed by atoms with Gasteiger partial charge in [0.25, 0.3) is 0 Å². The molecule has 0 rings (SSSR count). The SMILES string of the molecule is CCCC/C=C\C/C=C\CCCCCCCC(=O)OCCCC/C=C\CCCCCCCC(=O)NC(CO)C(O)/C=C/CCCCCCCCCCCCCC. The van der Waals surface area contributed by atoms with Crippen molar-refractivity contribution in [3.8, 4) is 0 Å². The van der Waals surface area contributed by atoms with E-state index >= 15 is 0 Å². The molecule has 0 aromatic heterocycles. The molecule has 0 saturated heterocycles. The van der Waals surface area contributed by atoms with Crippen molar-refractivity contribution >= 4 is 11.9 Å². The number of aliphatic hydroxyl groups excluding tert-OH is 2. The first-order chi connectivity index (χ1) is 27.5. The van der Waals surface area contributed by atoms with E-state index in [4.69, 9.17) is 4.74 Å². The highest BCUT2D eigenvalue weighted by molar-refractivity contribution is 5.76. The van der Waals surface area contributed by atoms with Gasteiger partial charge in [0.2, 0.25) is 5.91 Å². The van der Waals surface area contributed by atoms with Crippen LogP contribution in [0.25, 0.3) is 0 Å². The number of aliphatic hydroxyl groups is 2. The Morgan fingerprint density at radius 1 is 0.500 bits per heavy atom. The zero-order valence-corrected chi connectivity index (χ0v) is 36.8. The molecule has 0 aliphatic carbocycles. The highest BCUT2D eigenvalue weighted by Crippen LogP contribution is 2.14. The van der Waals surface area contributed by atoms with Crippen molar-refractivity contribution in [3.05, 3.63) is 48.6 Å². The predicted molar refractivity (Wildman–Crippen MR) is 241 cm³/mol. The molecular formula is C50H91NO5. The fraction of sp³-hybridized carbons (Fsp3) is 0.800. The average Bonchev–Trinajstić information content (AvgIpc) is 3.20. The van der Waals surface area contributed by atoms with Crippen LogP contribution in [0.4, 0.5) is 0 Å². The maximum absolute atomic E-state index is 12.4. The highest BCUT2D eigenvalue weighted by atomic mass is 16.5. The first-order valence-electron chi connectivity index (χ1n) is 23.9. The van der Waals surface area contributed by atoms with E-state index in [1.807, 2.05) is 6.08 Å². The van der Waals surface area contributed by atoms with Crippen LogP contribution in [0.2, 0.25) is 0 Å². The minimum Gasteiger partial charge on any atom is -0.466 e. The third-order valence-electron chi connectivity index (χ3n) is 10.6. The fourth-order valence-electron chi connectivity index (χ4n) is 6.82. The molecule has 0 spiro atoms. The molecule has 0 aromatic rings. The molecule has 6 nitrogen and oxygen atoms in total. The van der Waals surface area contributed by atoms with Crippen LogP contribution in [-0.4, -0.2) is 47.4 Å². The summed E-state index contributed by atoms with van der Waals surface area (Å²) in [6.45, 7) is 4.76. The number of unbranched alkanes of at least 4 members (excludes halogenated alkanes) is 26. The topological polar surface area (TPSA) is 95.9 Å². The second kappa shape index (κ2) is 45.5. The number of nitrogens with one attached hydrogen (secondary N) is 1. The normalized spacial score (nSPS) is 13.1. The zero-order chi connectivity index (χ0) is 40.8. The maximum Gasteiger partial charge on any atom is 0.305 e. The van der Waals surface area contributed by atoms with Gasteiger partial charge in [-0.3, -0.25) is 9.59 Å². The smallest absolute Gasteiger partial charge is 0.305 e. The van der Waals surface area contributed by atoms with E-state index < -0.39 is 12.1 Å². The number of amides is 1. The lowest BCUT2D eigenvalue weighted by molar-refractivity contribution is -0.143. The van der Waals surface area contributed by atoms with Gasteiger partial charge in [-0.1, -0.05) is 184 Å². The van der Waals surface area contributed by atoms with Gasteiger partial charge >= 0.3 is 5.97 Å². The van der Waals surface area contributed by atoms with Crippen LogP contribution in [-0.2, 0) is 14.3 Å². The summed E-state index contributed by atoms with van der Waals surface area (Å²) in [5.74, 6) is -0.149. The largest absolute Gasteiger partial charge is 0.466 e. The molecular weight excluding hydrogens is 695 g/mol. The van der Waals surface area contributed by atoms with Gasteiger partial charge in [-0.25, -0.2) is 0 Å². The van der Waals surface area contributed by atoms with E-state index in [0.717, 1.165) is 96.3 Å². The lowest BCUT2D eigenvalue weighted by Gasteiger charge is -2.20. The minimum absolute atomic E-state index is 0.0488. The number of carbonyl (C=O) groups excluding carboxylic acids is 2. The van der Waals surface area contributed by atoms with Crippen LogP contribution in [0.1, 0.15) is 232 Å². The molecule has 0 aliphatic rings. The van der Waals surface area contributed by atoms with Gasteiger partial charge in [-0.15, -0.1) is 0 Å². The van der Waals surface area contributed by atoms with Gasteiger partial charge in [0.15, 0.2) is 0 Å². The van der Waals surface area contributed by atoms with Gasteiger partial charge in [-0.05, 0) is 83.5 Å². The molecule has 3 N–H and O–H groups in total. The van der Waals surface area contributed by atoms with Crippen molar-refractivity contribution in [1.82, 2.24) is 5.32 Å². The Bertz CT molecular complexity index is 957. The molecule has 1 amide bonds. The summed E-state index contributed by atoms with van der Waals surface area (Å²) in [7, 11) is 0. The number of ether oxygens (including phenoxy) is 1. The second-order valence-corrected chi connectivity index (χ2v) is 16.1. The number of hydrogen-bond acceptors (Lipinski definition) is 5. The number of hydrogen-bond donors (Lipinski definition) is 3. The summed E-state index contributed by atoms with van der Waals surface area (Å²) in [5.41, 5.74) is 0. The molecule has 2 unspecified atom stereocenters. The number of allylic oxidation sites excluding steroid dienone is 7. The maximum atomic E-state index is 12.4. The van der Waals surface area contributed by atoms with Crippen molar-refractivity contribution in [3.63, 3.8) is 0 Å². The van der Waals surface area contributed by atoms with Crippen LogP contribution in [0, 0.1) is 0 Å². The zero-order valence-electron chi connectivity index (χ0n) is 36.8. The summed E-state index contributed by atoms with van der Waals surface area (Å²) in [5, 5.41) is 23.0. The minimum atomic E-state index is -0.863. The van der Waals surface area contributed by atoms with Gasteiger partial charge in [0.1, 0.15) is 0 Å². The van der Waals surface area contributed by atoms with Crippen molar-refractivity contribution in [2.75, 3.05) is 13.2 Å². The number of rotatable bonds is 43. The van der Waals surface area contributed by atoms with E-state index in [2.05, 4.69) is 55.6 Å². The predicted octanol–water partition coefficient (Wildman–Crippen LogP) is 13.9. The summed E-state index contributed by atoms with van der Waals surface area (Å²) in [6, 6.07) is -0.650. The van der Waals surface area contributed by atoms with Crippen molar-refractivity contribution in [2.45, 2.75) is 244 Å². The van der Waals surface area contributed by atoms with Crippen molar-refractivity contribution in [1.29, 1.82) is 0 Å². The van der Waals surface area contributed by atoms with Crippen LogP contribution in [0.3, 0.4) is 0 Å². The van der Waals surface area contributed by atoms with Crippen LogP contribution < -0.4 is 5.32 Å². The van der Waals surface area contributed by atoms with Gasteiger partial charge in [-0.2, -0.15) is 0 Å². The monoisotopic (exact) mass is 786 g/mol. The molecule has 0 bridgehead atoms. The Morgan fingerprint density at radius 2 is 0.911 bits per heavy atom. The van der Waals surface area contributed by atoms with Crippen LogP contribution >= 0.6 is 0 Å². The van der Waals surface area contributed by atoms with E-state index in [1.54, 1.807) is 6.08 Å². The Kier molecular flexibility index (Phi) is 43.7. The van der Waals surface area contributed by atoms with E-state index in [-0.39, 0.29) is 18.5 Å². The summed E-state index contributed by atoms with van der Waals surface area (Å²) in [4.78, 5) is 24.4. The van der Waals surface area contributed by atoms with Gasteiger partial charge in [0.05, 0.1) is 25.4 Å². The molecule has 0 radical (unpaired) electrons. The van der Waals surface area contributed by atoms with E-state index in [0.29, 0.717) is 19.4 Å². The third-order valence-corrected chi connectivity index (χ3v) is 10.6. The van der Waals surface area contributed by atoms with Crippen LogP contribution in [0.5, 0.6) is 0 Å². The Hall–Kier alpha value is -2.18. The van der Waals surface area contributed by atoms with Crippen molar-refractivity contribution in [2.24, 2.45) is 0 Å². The molecule has 2 atom stereocenters. The molecule has 0 aromatic carbocycles. The first-order valence-corrected chi connectivity index (χ1v) is 23.9. The van der Waals surface area contributed by atoms with Gasteiger partial charge in [0, 0.05) is 12.8 Å².